The highest BCUT2D eigenvalue weighted by molar-refractivity contribution is 6.30. The van der Waals surface area contributed by atoms with Gasteiger partial charge in [-0.05, 0) is 42.8 Å². The van der Waals surface area contributed by atoms with Gasteiger partial charge in [0.25, 0.3) is 0 Å². The lowest BCUT2D eigenvalue weighted by atomic mass is 10.2. The average Bonchev–Trinajstić information content (AvgIpc) is 3.07. The fourth-order valence-electron chi connectivity index (χ4n) is 3.57. The number of carbonyl (C=O) groups excluding carboxylic acids is 1. The van der Waals surface area contributed by atoms with E-state index < -0.39 is 0 Å². The van der Waals surface area contributed by atoms with Crippen LogP contribution in [0.2, 0.25) is 10.0 Å². The third-order valence-corrected chi connectivity index (χ3v) is 5.71. The second-order valence-corrected chi connectivity index (χ2v) is 8.33. The van der Waals surface area contributed by atoms with Gasteiger partial charge in [-0.1, -0.05) is 35.3 Å². The molecule has 1 fully saturated rings. The summed E-state index contributed by atoms with van der Waals surface area (Å²) >= 11 is 12.0. The van der Waals surface area contributed by atoms with E-state index in [0.717, 1.165) is 17.8 Å². The molecule has 4 rings (SSSR count). The zero-order valence-corrected chi connectivity index (χ0v) is 18.1. The molecule has 0 aliphatic carbocycles. The van der Waals surface area contributed by atoms with E-state index in [2.05, 4.69) is 10.00 Å². The maximum atomic E-state index is 12.8. The third-order valence-electron chi connectivity index (χ3n) is 5.23. The number of aromatic hydroxyl groups is 1. The van der Waals surface area contributed by atoms with Gasteiger partial charge in [-0.25, -0.2) is 0 Å². The second-order valence-electron chi connectivity index (χ2n) is 7.46. The van der Waals surface area contributed by atoms with Gasteiger partial charge in [0.2, 0.25) is 5.91 Å². The molecule has 0 bridgehead atoms. The van der Waals surface area contributed by atoms with Crippen LogP contribution in [0.1, 0.15) is 16.8 Å². The summed E-state index contributed by atoms with van der Waals surface area (Å²) in [6.07, 6.45) is 0. The van der Waals surface area contributed by atoms with E-state index in [1.807, 2.05) is 37.3 Å². The predicted octanol–water partition coefficient (Wildman–Crippen LogP) is 4.10. The van der Waals surface area contributed by atoms with Gasteiger partial charge in [0.15, 0.2) is 5.82 Å². The Morgan fingerprint density at radius 2 is 1.73 bits per heavy atom. The molecule has 1 aromatic heterocycles. The number of phenolic OH excluding ortho intramolecular Hbond substituents is 1. The largest absolute Gasteiger partial charge is 0.508 e. The molecule has 1 aliphatic heterocycles. The molecule has 8 heteroatoms. The zero-order valence-electron chi connectivity index (χ0n) is 16.6. The summed E-state index contributed by atoms with van der Waals surface area (Å²) in [6.45, 7) is 4.69. The predicted molar refractivity (Wildman–Crippen MR) is 118 cm³/mol. The second kappa shape index (κ2) is 8.68. The zero-order chi connectivity index (χ0) is 21.3. The Kier molecular flexibility index (Phi) is 5.99. The third kappa shape index (κ3) is 4.61. The summed E-state index contributed by atoms with van der Waals surface area (Å²) in [7, 11) is 0. The van der Waals surface area contributed by atoms with E-state index >= 15 is 0 Å². The minimum absolute atomic E-state index is 0.0190. The highest BCUT2D eigenvalue weighted by Crippen LogP contribution is 2.24. The van der Waals surface area contributed by atoms with Crippen molar-refractivity contribution in [3.8, 4) is 5.75 Å². The molecule has 156 valence electrons. The number of nitrogens with zero attached hydrogens (tertiary/aromatic N) is 4. The first-order valence-corrected chi connectivity index (χ1v) is 10.4. The van der Waals surface area contributed by atoms with Gasteiger partial charge in [-0.2, -0.15) is 5.10 Å². The molecular weight excluding hydrogens is 423 g/mol. The highest BCUT2D eigenvalue weighted by atomic mass is 35.5. The average molecular weight is 445 g/mol. The lowest BCUT2D eigenvalue weighted by molar-refractivity contribution is -0.121. The van der Waals surface area contributed by atoms with E-state index in [9.17, 15) is 9.90 Å². The van der Waals surface area contributed by atoms with Crippen LogP contribution in [0.5, 0.6) is 5.75 Å². The Hall–Kier alpha value is -2.54. The molecule has 1 amide bonds. The molecule has 1 N–H and O–H groups in total. The van der Waals surface area contributed by atoms with Crippen molar-refractivity contribution >= 4 is 34.9 Å². The van der Waals surface area contributed by atoms with Crippen molar-refractivity contribution in [3.63, 3.8) is 0 Å². The molecule has 0 radical (unpaired) electrons. The monoisotopic (exact) mass is 444 g/mol. The van der Waals surface area contributed by atoms with Crippen molar-refractivity contribution in [1.82, 2.24) is 14.7 Å². The number of rotatable bonds is 5. The fraction of sp³-hybridized carbons (Fsp3) is 0.273. The molecule has 0 unspecified atom stereocenters. The Morgan fingerprint density at radius 3 is 2.47 bits per heavy atom. The molecule has 3 aromatic rings. The summed E-state index contributed by atoms with van der Waals surface area (Å²) in [5.41, 5.74) is 2.71. The smallest absolute Gasteiger partial charge is 0.242 e. The van der Waals surface area contributed by atoms with E-state index in [4.69, 9.17) is 23.2 Å². The van der Waals surface area contributed by atoms with E-state index in [1.54, 1.807) is 27.8 Å². The normalized spacial score (nSPS) is 15.0. The van der Waals surface area contributed by atoms with Gasteiger partial charge in [-0.15, -0.1) is 0 Å². The van der Waals surface area contributed by atoms with Crippen molar-refractivity contribution in [3.05, 3.63) is 75.4 Å². The molecule has 2 aromatic carbocycles. The highest BCUT2D eigenvalue weighted by Gasteiger charge is 2.27. The van der Waals surface area contributed by atoms with Gasteiger partial charge in [0, 0.05) is 47.0 Å². The first-order chi connectivity index (χ1) is 14.4. The van der Waals surface area contributed by atoms with Crippen molar-refractivity contribution in [2.24, 2.45) is 0 Å². The van der Waals surface area contributed by atoms with Crippen LogP contribution in [-0.2, 0) is 17.9 Å². The summed E-state index contributed by atoms with van der Waals surface area (Å²) < 4.78 is 1.77. The van der Waals surface area contributed by atoms with Crippen LogP contribution in [0.4, 0.5) is 5.82 Å². The lowest BCUT2D eigenvalue weighted by Crippen LogP contribution is -2.50. The van der Waals surface area contributed by atoms with Gasteiger partial charge in [0.1, 0.15) is 5.75 Å². The van der Waals surface area contributed by atoms with Crippen LogP contribution in [0.25, 0.3) is 0 Å². The molecule has 1 aliphatic rings. The Bertz CT molecular complexity index is 1070. The fourth-order valence-corrected chi connectivity index (χ4v) is 3.89. The number of halogens is 2. The van der Waals surface area contributed by atoms with Crippen molar-refractivity contribution in [1.29, 1.82) is 0 Å². The topological polar surface area (TPSA) is 61.6 Å². The molecule has 0 saturated carbocycles. The summed E-state index contributed by atoms with van der Waals surface area (Å²) in [5.74, 6) is 0.818. The van der Waals surface area contributed by atoms with Crippen LogP contribution >= 0.6 is 23.2 Å². The number of carbonyl (C=O) groups is 1. The van der Waals surface area contributed by atoms with Crippen LogP contribution in [0.3, 0.4) is 0 Å². The molecule has 0 atom stereocenters. The number of aryl methyl sites for hydroxylation is 1. The lowest BCUT2D eigenvalue weighted by Gasteiger charge is -2.33. The minimum Gasteiger partial charge on any atom is -0.508 e. The molecule has 6 nitrogen and oxygen atoms in total. The number of hydrogen-bond acceptors (Lipinski definition) is 4. The van der Waals surface area contributed by atoms with Crippen LogP contribution in [-0.4, -0.2) is 45.3 Å². The van der Waals surface area contributed by atoms with Gasteiger partial charge in [-0.3, -0.25) is 19.3 Å². The summed E-state index contributed by atoms with van der Waals surface area (Å²) in [5, 5.41) is 15.9. The summed E-state index contributed by atoms with van der Waals surface area (Å²) in [6, 6.07) is 14.5. The Balaban J connectivity index is 1.44. The SMILES string of the molecule is Cc1cc(N2CCN(Cc3ccc(Cl)cc3)CC2=O)nn1Cc1cc(Cl)ccc1O. The number of anilines is 1. The van der Waals surface area contributed by atoms with Gasteiger partial charge in [0.05, 0.1) is 13.1 Å². The van der Waals surface area contributed by atoms with Crippen molar-refractivity contribution < 1.29 is 9.90 Å². The number of phenols is 1. The Labute approximate surface area is 185 Å². The molecule has 0 spiro atoms. The first-order valence-electron chi connectivity index (χ1n) is 9.68. The number of piperazine rings is 1. The number of aromatic nitrogens is 2. The van der Waals surface area contributed by atoms with Crippen LogP contribution < -0.4 is 4.90 Å². The first kappa shape index (κ1) is 20.7. The van der Waals surface area contributed by atoms with E-state index in [-0.39, 0.29) is 11.7 Å². The van der Waals surface area contributed by atoms with E-state index in [0.29, 0.717) is 47.6 Å². The van der Waals surface area contributed by atoms with Gasteiger partial charge < -0.3 is 5.11 Å². The van der Waals surface area contributed by atoms with Crippen molar-refractivity contribution in [2.45, 2.75) is 20.0 Å². The Morgan fingerprint density at radius 1 is 1.00 bits per heavy atom. The maximum Gasteiger partial charge on any atom is 0.242 e. The molecular formula is C22H22Cl2N4O2. The molecule has 30 heavy (non-hydrogen) atoms. The minimum atomic E-state index is 0.0190. The number of benzene rings is 2. The van der Waals surface area contributed by atoms with Crippen LogP contribution in [0.15, 0.2) is 48.5 Å². The molecule has 2 heterocycles. The number of hydrogen-bond donors (Lipinski definition) is 1. The summed E-state index contributed by atoms with van der Waals surface area (Å²) in [4.78, 5) is 16.6. The van der Waals surface area contributed by atoms with Crippen LogP contribution in [0, 0.1) is 6.92 Å². The quantitative estimate of drug-likeness (QED) is 0.643. The van der Waals surface area contributed by atoms with Gasteiger partial charge >= 0.3 is 0 Å². The standard InChI is InChI=1S/C22H22Cl2N4O2/c1-15-10-21(25-28(15)13-17-11-19(24)6-7-20(17)29)27-9-8-26(14-22(27)30)12-16-2-4-18(23)5-3-16/h2-7,10-11,29H,8-9,12-14H2,1H3. The van der Waals surface area contributed by atoms with E-state index in [1.165, 1.54) is 0 Å². The number of amides is 1. The maximum absolute atomic E-state index is 12.8. The molecule has 1 saturated heterocycles. The van der Waals surface area contributed by atoms with Crippen molar-refractivity contribution in [2.75, 3.05) is 24.5 Å².